The van der Waals surface area contributed by atoms with Gasteiger partial charge < -0.3 is 0 Å². The average molecular weight is 361 g/mol. The first-order valence-corrected chi connectivity index (χ1v) is 11.4. The first-order chi connectivity index (χ1) is 11.8. The third-order valence-electron chi connectivity index (χ3n) is 4.55. The predicted octanol–water partition coefficient (Wildman–Crippen LogP) is 8.23. The first-order valence-electron chi connectivity index (χ1n) is 9.66. The standard InChI is InChI=1S/C22H32S2/c1-3-5-7-9-11-19-15-17-23-21(19)13-14-22-20(16-18-24-22)12-10-8-6-4-2/h13-18H,3-12H2,1-2H3/b14-13+. The van der Waals surface area contributed by atoms with Crippen molar-refractivity contribution < 1.29 is 0 Å². The molecule has 0 unspecified atom stereocenters. The maximum absolute atomic E-state index is 2.35. The van der Waals surface area contributed by atoms with Gasteiger partial charge in [0.2, 0.25) is 0 Å². The number of rotatable bonds is 12. The molecule has 2 aromatic heterocycles. The lowest BCUT2D eigenvalue weighted by Gasteiger charge is -2.02. The minimum absolute atomic E-state index is 1.23. The van der Waals surface area contributed by atoms with Crippen molar-refractivity contribution in [1.82, 2.24) is 0 Å². The van der Waals surface area contributed by atoms with Crippen LogP contribution in [0.5, 0.6) is 0 Å². The SMILES string of the molecule is CCCCCCc1ccsc1/C=C/c1sccc1CCCCCC. The van der Waals surface area contributed by atoms with Crippen LogP contribution in [0.4, 0.5) is 0 Å². The molecule has 0 saturated heterocycles. The molecule has 0 nitrogen and oxygen atoms in total. The van der Waals surface area contributed by atoms with E-state index in [0.717, 1.165) is 0 Å². The van der Waals surface area contributed by atoms with Crippen LogP contribution in [-0.4, -0.2) is 0 Å². The van der Waals surface area contributed by atoms with Crippen LogP contribution in [0.1, 0.15) is 86.1 Å². The first kappa shape index (κ1) is 19.5. The van der Waals surface area contributed by atoms with Crippen LogP contribution in [0.25, 0.3) is 12.2 Å². The Morgan fingerprint density at radius 1 is 0.667 bits per heavy atom. The molecule has 0 atom stereocenters. The number of hydrogen-bond acceptors (Lipinski definition) is 2. The summed E-state index contributed by atoms with van der Waals surface area (Å²) in [6.07, 6.45) is 17.9. The minimum atomic E-state index is 1.23. The van der Waals surface area contributed by atoms with Gasteiger partial charge in [0.05, 0.1) is 0 Å². The predicted molar refractivity (Wildman–Crippen MR) is 113 cm³/mol. The fourth-order valence-electron chi connectivity index (χ4n) is 3.04. The van der Waals surface area contributed by atoms with Crippen molar-refractivity contribution >= 4 is 34.8 Å². The quantitative estimate of drug-likeness (QED) is 0.334. The zero-order chi connectivity index (χ0) is 17.0. The molecule has 2 heteroatoms. The minimum Gasteiger partial charge on any atom is -0.144 e. The summed E-state index contributed by atoms with van der Waals surface area (Å²) >= 11 is 3.77. The molecule has 0 radical (unpaired) electrons. The molecule has 0 spiro atoms. The third-order valence-corrected chi connectivity index (χ3v) is 6.40. The Morgan fingerprint density at radius 2 is 1.12 bits per heavy atom. The van der Waals surface area contributed by atoms with Crippen molar-refractivity contribution in [2.45, 2.75) is 78.1 Å². The Hall–Kier alpha value is -0.860. The fraction of sp³-hybridized carbons (Fsp3) is 0.545. The van der Waals surface area contributed by atoms with E-state index in [4.69, 9.17) is 0 Å². The van der Waals surface area contributed by atoms with Crippen molar-refractivity contribution in [3.05, 3.63) is 43.8 Å². The van der Waals surface area contributed by atoms with Gasteiger partial charge in [0, 0.05) is 9.75 Å². The molecule has 0 aliphatic rings. The van der Waals surface area contributed by atoms with Gasteiger partial charge in [0.1, 0.15) is 0 Å². The van der Waals surface area contributed by atoms with Crippen LogP contribution in [0.2, 0.25) is 0 Å². The van der Waals surface area contributed by atoms with Gasteiger partial charge in [-0.1, -0.05) is 52.4 Å². The highest BCUT2D eigenvalue weighted by Gasteiger charge is 2.04. The fourth-order valence-corrected chi connectivity index (χ4v) is 4.73. The molecule has 0 fully saturated rings. The van der Waals surface area contributed by atoms with E-state index in [1.165, 1.54) is 85.1 Å². The van der Waals surface area contributed by atoms with Gasteiger partial charge in [0.25, 0.3) is 0 Å². The summed E-state index contributed by atoms with van der Waals surface area (Å²) in [6.45, 7) is 4.55. The zero-order valence-corrected chi connectivity index (χ0v) is 17.0. The summed E-state index contributed by atoms with van der Waals surface area (Å²) < 4.78 is 0. The van der Waals surface area contributed by atoms with E-state index >= 15 is 0 Å². The van der Waals surface area contributed by atoms with E-state index < -0.39 is 0 Å². The average Bonchev–Trinajstić information content (AvgIpc) is 3.22. The molecule has 24 heavy (non-hydrogen) atoms. The monoisotopic (exact) mass is 360 g/mol. The van der Waals surface area contributed by atoms with Gasteiger partial charge in [-0.25, -0.2) is 0 Å². The van der Waals surface area contributed by atoms with Crippen LogP contribution < -0.4 is 0 Å². The Balaban J connectivity index is 1.89. The van der Waals surface area contributed by atoms with Gasteiger partial charge in [-0.05, 0) is 71.9 Å². The molecule has 0 aromatic carbocycles. The number of hydrogen-bond donors (Lipinski definition) is 0. The summed E-state index contributed by atoms with van der Waals surface area (Å²) in [5.74, 6) is 0. The lowest BCUT2D eigenvalue weighted by Crippen LogP contribution is -1.86. The molecule has 0 aliphatic carbocycles. The maximum atomic E-state index is 2.35. The van der Waals surface area contributed by atoms with Crippen molar-refractivity contribution in [2.24, 2.45) is 0 Å². The summed E-state index contributed by atoms with van der Waals surface area (Å²) in [5, 5.41) is 4.49. The third kappa shape index (κ3) is 6.57. The van der Waals surface area contributed by atoms with Crippen molar-refractivity contribution in [2.75, 3.05) is 0 Å². The van der Waals surface area contributed by atoms with E-state index in [-0.39, 0.29) is 0 Å². The van der Waals surface area contributed by atoms with Crippen molar-refractivity contribution in [1.29, 1.82) is 0 Å². The lowest BCUT2D eigenvalue weighted by atomic mass is 10.1. The van der Waals surface area contributed by atoms with Gasteiger partial charge in [-0.2, -0.15) is 0 Å². The van der Waals surface area contributed by atoms with Crippen LogP contribution in [0.3, 0.4) is 0 Å². The second-order valence-electron chi connectivity index (χ2n) is 6.57. The Bertz CT molecular complexity index is 536. The summed E-state index contributed by atoms with van der Waals surface area (Å²) in [4.78, 5) is 2.91. The molecule has 132 valence electrons. The molecule has 0 aliphatic heterocycles. The molecule has 2 rings (SSSR count). The second-order valence-corrected chi connectivity index (χ2v) is 8.47. The number of thiophene rings is 2. The lowest BCUT2D eigenvalue weighted by molar-refractivity contribution is 0.667. The largest absolute Gasteiger partial charge is 0.144 e. The number of aryl methyl sites for hydroxylation is 2. The molecular formula is C22H32S2. The Kier molecular flexibility index (Phi) is 9.45. The van der Waals surface area contributed by atoms with E-state index in [0.29, 0.717) is 0 Å². The normalized spacial score (nSPS) is 11.6. The van der Waals surface area contributed by atoms with Crippen molar-refractivity contribution in [3.8, 4) is 0 Å². The summed E-state index contributed by atoms with van der Waals surface area (Å²) in [6, 6.07) is 4.63. The van der Waals surface area contributed by atoms with Gasteiger partial charge in [-0.15, -0.1) is 22.7 Å². The highest BCUT2D eigenvalue weighted by molar-refractivity contribution is 7.12. The molecule has 2 aromatic rings. The smallest absolute Gasteiger partial charge is 0.0302 e. The Labute approximate surface area is 156 Å². The maximum Gasteiger partial charge on any atom is 0.0302 e. The summed E-state index contributed by atoms with van der Waals surface area (Å²) in [5.41, 5.74) is 3.07. The van der Waals surface area contributed by atoms with Gasteiger partial charge in [0.15, 0.2) is 0 Å². The summed E-state index contributed by atoms with van der Waals surface area (Å²) in [7, 11) is 0. The Morgan fingerprint density at radius 3 is 1.54 bits per heavy atom. The van der Waals surface area contributed by atoms with Gasteiger partial charge in [-0.3, -0.25) is 0 Å². The highest BCUT2D eigenvalue weighted by atomic mass is 32.1. The molecule has 0 N–H and O–H groups in total. The van der Waals surface area contributed by atoms with Crippen LogP contribution in [0.15, 0.2) is 22.9 Å². The zero-order valence-electron chi connectivity index (χ0n) is 15.4. The second kappa shape index (κ2) is 11.7. The topological polar surface area (TPSA) is 0 Å². The van der Waals surface area contributed by atoms with E-state index in [9.17, 15) is 0 Å². The molecule has 0 bridgehead atoms. The molecule has 0 saturated carbocycles. The van der Waals surface area contributed by atoms with Crippen LogP contribution >= 0.6 is 22.7 Å². The molecular weight excluding hydrogens is 328 g/mol. The highest BCUT2D eigenvalue weighted by Crippen LogP contribution is 2.26. The molecule has 2 heterocycles. The molecule has 0 amide bonds. The van der Waals surface area contributed by atoms with Gasteiger partial charge >= 0.3 is 0 Å². The van der Waals surface area contributed by atoms with Crippen LogP contribution in [-0.2, 0) is 12.8 Å². The van der Waals surface area contributed by atoms with Crippen LogP contribution in [0, 0.1) is 0 Å². The number of unbranched alkanes of at least 4 members (excludes halogenated alkanes) is 6. The van der Waals surface area contributed by atoms with E-state index in [2.05, 4.69) is 48.9 Å². The van der Waals surface area contributed by atoms with E-state index in [1.807, 2.05) is 22.7 Å². The van der Waals surface area contributed by atoms with Crippen molar-refractivity contribution in [3.63, 3.8) is 0 Å². The van der Waals surface area contributed by atoms with E-state index in [1.54, 1.807) is 0 Å².